The van der Waals surface area contributed by atoms with Crippen LogP contribution in [0.4, 0.5) is 0 Å². The average molecular weight is 340 g/mol. The van der Waals surface area contributed by atoms with Crippen molar-refractivity contribution in [3.05, 3.63) is 42.2 Å². The molecular weight excluding hydrogens is 320 g/mol. The zero-order valence-corrected chi connectivity index (χ0v) is 14.0. The van der Waals surface area contributed by atoms with Crippen LogP contribution in [0.25, 0.3) is 22.6 Å². The van der Waals surface area contributed by atoms with Gasteiger partial charge >= 0.3 is 5.97 Å². The molecule has 1 aliphatic heterocycles. The molecule has 3 N–H and O–H groups in total. The topological polar surface area (TPSA) is 97.5 Å². The molecule has 3 heterocycles. The first-order valence-corrected chi connectivity index (χ1v) is 8.21. The molecule has 0 spiro atoms. The molecule has 1 aromatic carbocycles. The molecule has 0 radical (unpaired) electrons. The maximum absolute atomic E-state index is 11.2. The highest BCUT2D eigenvalue weighted by Crippen LogP contribution is 2.27. The molecule has 4 rings (SSSR count). The molecule has 0 amide bonds. The first-order valence-electron chi connectivity index (χ1n) is 8.21. The molecule has 130 valence electrons. The van der Waals surface area contributed by atoms with Gasteiger partial charge in [0, 0.05) is 20.1 Å². The van der Waals surface area contributed by atoms with Gasteiger partial charge in [-0.1, -0.05) is 12.1 Å². The van der Waals surface area contributed by atoms with E-state index in [4.69, 9.17) is 10.2 Å². The normalized spacial score (nSPS) is 21.2. The molecule has 0 bridgehead atoms. The van der Waals surface area contributed by atoms with E-state index >= 15 is 0 Å². The lowest BCUT2D eigenvalue weighted by Gasteiger charge is -2.19. The van der Waals surface area contributed by atoms with Gasteiger partial charge in [0.2, 0.25) is 0 Å². The van der Waals surface area contributed by atoms with Gasteiger partial charge in [-0.2, -0.15) is 0 Å². The zero-order chi connectivity index (χ0) is 17.6. The highest BCUT2D eigenvalue weighted by Gasteiger charge is 2.41. The third-order valence-electron chi connectivity index (χ3n) is 4.85. The summed E-state index contributed by atoms with van der Waals surface area (Å²) in [4.78, 5) is 17.9. The van der Waals surface area contributed by atoms with Crippen LogP contribution in [0.3, 0.4) is 0 Å². The predicted molar refractivity (Wildman–Crippen MR) is 92.9 cm³/mol. The average Bonchev–Trinajstić information content (AvgIpc) is 3.27. The number of nitrogens with two attached hydrogens (primary N) is 1. The summed E-state index contributed by atoms with van der Waals surface area (Å²) in [6, 6.07) is 11.7. The van der Waals surface area contributed by atoms with Crippen molar-refractivity contribution in [3.8, 4) is 11.6 Å². The summed E-state index contributed by atoms with van der Waals surface area (Å²) in [5, 5.41) is 9.22. The van der Waals surface area contributed by atoms with Crippen LogP contribution < -0.4 is 5.73 Å². The number of hydrogen-bond acceptors (Lipinski definition) is 5. The van der Waals surface area contributed by atoms with E-state index in [1.165, 1.54) is 0 Å². The van der Waals surface area contributed by atoms with Crippen molar-refractivity contribution >= 4 is 17.0 Å². The fourth-order valence-electron chi connectivity index (χ4n) is 3.39. The molecule has 1 atom stereocenters. The minimum atomic E-state index is -1.16. The Labute approximate surface area is 144 Å². The third kappa shape index (κ3) is 2.71. The summed E-state index contributed by atoms with van der Waals surface area (Å²) in [7, 11) is 1.96. The maximum atomic E-state index is 11.2. The summed E-state index contributed by atoms with van der Waals surface area (Å²) in [5.41, 5.74) is 6.73. The van der Waals surface area contributed by atoms with Crippen LogP contribution >= 0.6 is 0 Å². The Morgan fingerprint density at radius 3 is 2.88 bits per heavy atom. The van der Waals surface area contributed by atoms with Gasteiger partial charge in [-0.05, 0) is 30.7 Å². The van der Waals surface area contributed by atoms with Gasteiger partial charge in [0.25, 0.3) is 0 Å². The number of para-hydroxylation sites is 2. The van der Waals surface area contributed by atoms with E-state index in [0.29, 0.717) is 31.8 Å². The summed E-state index contributed by atoms with van der Waals surface area (Å²) in [5.74, 6) is 1.30. The number of carboxylic acid groups (broad SMARTS) is 1. The van der Waals surface area contributed by atoms with Crippen molar-refractivity contribution in [1.29, 1.82) is 0 Å². The fourth-order valence-corrected chi connectivity index (χ4v) is 3.39. The quantitative estimate of drug-likeness (QED) is 0.752. The van der Waals surface area contributed by atoms with E-state index in [1.807, 2.05) is 52.9 Å². The number of aliphatic carboxylic acids is 1. The number of fused-ring (bicyclic) bond motifs is 1. The molecule has 3 aromatic rings. The predicted octanol–water partition coefficient (Wildman–Crippen LogP) is 1.82. The van der Waals surface area contributed by atoms with Gasteiger partial charge in [-0.3, -0.25) is 9.69 Å². The lowest BCUT2D eigenvalue weighted by Crippen LogP contribution is -2.49. The molecule has 1 saturated heterocycles. The summed E-state index contributed by atoms with van der Waals surface area (Å²) >= 11 is 0. The number of benzene rings is 1. The smallest absolute Gasteiger partial charge is 0.325 e. The van der Waals surface area contributed by atoms with Crippen LogP contribution in [0, 0.1) is 0 Å². The van der Waals surface area contributed by atoms with Crippen LogP contribution in [0.1, 0.15) is 12.2 Å². The van der Waals surface area contributed by atoms with Crippen LogP contribution in [0.15, 0.2) is 40.8 Å². The molecule has 1 aliphatic rings. The maximum Gasteiger partial charge on any atom is 0.325 e. The van der Waals surface area contributed by atoms with E-state index in [0.717, 1.165) is 22.6 Å². The number of nitrogens with zero attached hydrogens (tertiary/aromatic N) is 3. The number of aromatic nitrogens is 2. The van der Waals surface area contributed by atoms with E-state index in [1.54, 1.807) is 0 Å². The first-order chi connectivity index (χ1) is 12.0. The van der Waals surface area contributed by atoms with Gasteiger partial charge in [-0.25, -0.2) is 4.98 Å². The molecule has 0 saturated carbocycles. The van der Waals surface area contributed by atoms with Gasteiger partial charge in [0.05, 0.1) is 17.6 Å². The van der Waals surface area contributed by atoms with Crippen molar-refractivity contribution in [3.63, 3.8) is 0 Å². The highest BCUT2D eigenvalue weighted by molar-refractivity contribution is 5.80. The molecule has 0 unspecified atom stereocenters. The molecule has 0 aliphatic carbocycles. The van der Waals surface area contributed by atoms with Crippen molar-refractivity contribution in [2.45, 2.75) is 18.5 Å². The highest BCUT2D eigenvalue weighted by atomic mass is 16.4. The Bertz CT molecular complexity index is 945. The van der Waals surface area contributed by atoms with Crippen LogP contribution in [-0.4, -0.2) is 44.2 Å². The second-order valence-corrected chi connectivity index (χ2v) is 6.67. The minimum Gasteiger partial charge on any atom is -0.480 e. The molecule has 25 heavy (non-hydrogen) atoms. The third-order valence-corrected chi connectivity index (χ3v) is 4.85. The van der Waals surface area contributed by atoms with Crippen molar-refractivity contribution in [1.82, 2.24) is 14.5 Å². The lowest BCUT2D eigenvalue weighted by atomic mass is 10.0. The van der Waals surface area contributed by atoms with E-state index < -0.39 is 11.5 Å². The molecule has 2 aromatic heterocycles. The first kappa shape index (κ1) is 15.9. The molecular formula is C18H20N4O3. The Kier molecular flexibility index (Phi) is 3.63. The Morgan fingerprint density at radius 2 is 2.16 bits per heavy atom. The van der Waals surface area contributed by atoms with Crippen molar-refractivity contribution in [2.24, 2.45) is 12.8 Å². The number of imidazole rings is 1. The van der Waals surface area contributed by atoms with Crippen LogP contribution in [-0.2, 0) is 18.4 Å². The SMILES string of the molecule is Cn1c(-c2ccc(CN3CC[C@](N)(C(=O)O)C3)o2)nc2ccccc21. The minimum absolute atomic E-state index is 0.324. The number of carbonyl (C=O) groups is 1. The number of hydrogen-bond donors (Lipinski definition) is 2. The summed E-state index contributed by atoms with van der Waals surface area (Å²) in [6.45, 7) is 1.51. The van der Waals surface area contributed by atoms with Crippen LogP contribution in [0.2, 0.25) is 0 Å². The van der Waals surface area contributed by atoms with E-state index in [2.05, 4.69) is 4.98 Å². The second-order valence-electron chi connectivity index (χ2n) is 6.67. The van der Waals surface area contributed by atoms with Crippen LogP contribution in [0.5, 0.6) is 0 Å². The second kappa shape index (κ2) is 5.72. The fraction of sp³-hybridized carbons (Fsp3) is 0.333. The summed E-state index contributed by atoms with van der Waals surface area (Å²) < 4.78 is 7.96. The zero-order valence-electron chi connectivity index (χ0n) is 14.0. The van der Waals surface area contributed by atoms with Gasteiger partial charge in [0.1, 0.15) is 11.3 Å². The Morgan fingerprint density at radius 1 is 1.36 bits per heavy atom. The standard InChI is InChI=1S/C18H20N4O3/c1-21-14-5-3-2-4-13(14)20-16(21)15-7-6-12(25-15)10-22-9-8-18(19,11-22)17(23)24/h2-7H,8-11,19H2,1H3,(H,23,24)/t18-/m1/s1. The van der Waals surface area contributed by atoms with E-state index in [-0.39, 0.29) is 0 Å². The summed E-state index contributed by atoms with van der Waals surface area (Å²) in [6.07, 6.45) is 0.445. The van der Waals surface area contributed by atoms with Crippen molar-refractivity contribution < 1.29 is 14.3 Å². The molecule has 7 nitrogen and oxygen atoms in total. The number of furan rings is 1. The monoisotopic (exact) mass is 340 g/mol. The largest absolute Gasteiger partial charge is 0.480 e. The Hall–Kier alpha value is -2.64. The number of carboxylic acids is 1. The lowest BCUT2D eigenvalue weighted by molar-refractivity contribution is -0.142. The van der Waals surface area contributed by atoms with E-state index in [9.17, 15) is 9.90 Å². The van der Waals surface area contributed by atoms with Gasteiger partial charge in [0.15, 0.2) is 11.6 Å². The number of aryl methyl sites for hydroxylation is 1. The van der Waals surface area contributed by atoms with Gasteiger partial charge in [-0.15, -0.1) is 0 Å². The molecule has 1 fully saturated rings. The van der Waals surface area contributed by atoms with Gasteiger partial charge < -0.3 is 19.8 Å². The molecule has 7 heteroatoms. The number of likely N-dealkylation sites (tertiary alicyclic amines) is 1. The Balaban J connectivity index is 1.54. The number of rotatable bonds is 4. The van der Waals surface area contributed by atoms with Crippen molar-refractivity contribution in [2.75, 3.05) is 13.1 Å².